The van der Waals surface area contributed by atoms with Crippen LogP contribution >= 0.6 is 11.8 Å². The van der Waals surface area contributed by atoms with E-state index in [1.54, 1.807) is 19.1 Å². The Bertz CT molecular complexity index is 676. The molecule has 0 saturated heterocycles. The number of esters is 1. The van der Waals surface area contributed by atoms with E-state index >= 15 is 0 Å². The summed E-state index contributed by atoms with van der Waals surface area (Å²) in [6, 6.07) is 7.55. The third kappa shape index (κ3) is 3.16. The van der Waals surface area contributed by atoms with Crippen LogP contribution in [0.1, 0.15) is 28.7 Å². The highest BCUT2D eigenvalue weighted by Gasteiger charge is 2.17. The van der Waals surface area contributed by atoms with E-state index in [1.165, 1.54) is 0 Å². The van der Waals surface area contributed by atoms with Crippen molar-refractivity contribution in [3.63, 3.8) is 0 Å². The molecule has 0 aliphatic rings. The number of nitriles is 1. The first kappa shape index (κ1) is 14.1. The van der Waals surface area contributed by atoms with Crippen LogP contribution in [0.4, 0.5) is 0 Å². The van der Waals surface area contributed by atoms with Gasteiger partial charge in [-0.1, -0.05) is 11.2 Å². The molecule has 6 nitrogen and oxygen atoms in total. The van der Waals surface area contributed by atoms with E-state index in [-0.39, 0.29) is 17.7 Å². The van der Waals surface area contributed by atoms with Crippen molar-refractivity contribution < 1.29 is 13.9 Å². The molecule has 7 heteroatoms. The van der Waals surface area contributed by atoms with Crippen molar-refractivity contribution in [2.24, 2.45) is 0 Å². The highest BCUT2D eigenvalue weighted by Crippen LogP contribution is 2.29. The molecule has 0 aliphatic carbocycles. The molecular weight excluding hydrogens is 278 g/mol. The molecule has 20 heavy (non-hydrogen) atoms. The maximum absolute atomic E-state index is 11.4. The van der Waals surface area contributed by atoms with Crippen LogP contribution < -0.4 is 0 Å². The Morgan fingerprint density at radius 3 is 3.00 bits per heavy atom. The van der Waals surface area contributed by atoms with Gasteiger partial charge in [-0.2, -0.15) is 5.26 Å². The third-order valence-electron chi connectivity index (χ3n) is 2.31. The van der Waals surface area contributed by atoms with E-state index in [1.807, 2.05) is 13.0 Å². The van der Waals surface area contributed by atoms with Gasteiger partial charge in [0, 0.05) is 4.90 Å². The predicted octanol–water partition coefficient (Wildman–Crippen LogP) is 2.58. The lowest BCUT2D eigenvalue weighted by Gasteiger charge is -2.01. The van der Waals surface area contributed by atoms with E-state index < -0.39 is 5.97 Å². The first-order chi connectivity index (χ1) is 9.63. The second kappa shape index (κ2) is 6.21. The fraction of sp³-hybridized carbons (Fsp3) is 0.231. The third-order valence-corrected chi connectivity index (χ3v) is 3.22. The molecule has 0 amide bonds. The summed E-state index contributed by atoms with van der Waals surface area (Å²) >= 11 is 1.13. The van der Waals surface area contributed by atoms with Crippen LogP contribution in [-0.2, 0) is 4.74 Å². The maximum atomic E-state index is 11.4. The summed E-state index contributed by atoms with van der Waals surface area (Å²) in [5.41, 5.74) is 1.51. The number of rotatable bonds is 4. The Morgan fingerprint density at radius 1 is 1.50 bits per heavy atom. The zero-order valence-corrected chi connectivity index (χ0v) is 11.7. The summed E-state index contributed by atoms with van der Waals surface area (Å²) in [5, 5.41) is 16.6. The Morgan fingerprint density at radius 2 is 2.30 bits per heavy atom. The standard InChI is InChI=1S/C13H11N3O3S/c1-3-18-12(17)11-15-16-13(19-11)20-10-5-4-8(2)6-9(10)7-14/h4-6H,3H2,1-2H3. The fourth-order valence-electron chi connectivity index (χ4n) is 1.44. The number of nitrogens with zero attached hydrogens (tertiary/aromatic N) is 3. The van der Waals surface area contributed by atoms with Gasteiger partial charge in [-0.05, 0) is 43.3 Å². The second-order valence-corrected chi connectivity index (χ2v) is 4.80. The van der Waals surface area contributed by atoms with Gasteiger partial charge in [0.1, 0.15) is 6.07 Å². The number of aryl methyl sites for hydroxylation is 1. The molecule has 102 valence electrons. The molecule has 0 N–H and O–H groups in total. The molecule has 0 atom stereocenters. The normalized spacial score (nSPS) is 10.1. The van der Waals surface area contributed by atoms with E-state index in [0.29, 0.717) is 10.5 Å². The lowest BCUT2D eigenvalue weighted by atomic mass is 10.2. The zero-order chi connectivity index (χ0) is 14.5. The second-order valence-electron chi connectivity index (χ2n) is 3.81. The molecule has 0 radical (unpaired) electrons. The van der Waals surface area contributed by atoms with Crippen LogP contribution in [0.5, 0.6) is 0 Å². The Hall–Kier alpha value is -2.33. The van der Waals surface area contributed by atoms with Crippen LogP contribution in [0.25, 0.3) is 0 Å². The SMILES string of the molecule is CCOC(=O)c1nnc(Sc2ccc(C)cc2C#N)o1. The average molecular weight is 289 g/mol. The smallest absolute Gasteiger partial charge is 0.396 e. The molecule has 2 aromatic rings. The van der Waals surface area contributed by atoms with Crippen LogP contribution in [0.15, 0.2) is 32.7 Å². The quantitative estimate of drug-likeness (QED) is 0.799. The van der Waals surface area contributed by atoms with Crippen molar-refractivity contribution in [3.8, 4) is 6.07 Å². The van der Waals surface area contributed by atoms with Gasteiger partial charge in [0.2, 0.25) is 0 Å². The molecule has 0 aliphatic heterocycles. The molecule has 0 unspecified atom stereocenters. The summed E-state index contributed by atoms with van der Waals surface area (Å²) in [7, 11) is 0. The largest absolute Gasteiger partial charge is 0.459 e. The van der Waals surface area contributed by atoms with Gasteiger partial charge >= 0.3 is 11.9 Å². The van der Waals surface area contributed by atoms with E-state index in [2.05, 4.69) is 16.3 Å². The summed E-state index contributed by atoms with van der Waals surface area (Å²) in [6.07, 6.45) is 0. The molecule has 1 aromatic heterocycles. The summed E-state index contributed by atoms with van der Waals surface area (Å²) < 4.78 is 9.94. The van der Waals surface area contributed by atoms with E-state index in [4.69, 9.17) is 14.4 Å². The van der Waals surface area contributed by atoms with Crippen molar-refractivity contribution in [2.75, 3.05) is 6.61 Å². The average Bonchev–Trinajstić information content (AvgIpc) is 2.89. The Balaban J connectivity index is 2.19. The molecule has 0 saturated carbocycles. The van der Waals surface area contributed by atoms with Gasteiger partial charge in [0.25, 0.3) is 5.22 Å². The van der Waals surface area contributed by atoms with E-state index in [0.717, 1.165) is 17.3 Å². The molecule has 0 spiro atoms. The molecule has 2 rings (SSSR count). The number of carbonyl (C=O) groups is 1. The number of carbonyl (C=O) groups excluding carboxylic acids is 1. The van der Waals surface area contributed by atoms with Crippen LogP contribution in [-0.4, -0.2) is 22.8 Å². The van der Waals surface area contributed by atoms with Crippen molar-refractivity contribution in [3.05, 3.63) is 35.2 Å². The van der Waals surface area contributed by atoms with Crippen LogP contribution in [0.3, 0.4) is 0 Å². The van der Waals surface area contributed by atoms with Gasteiger partial charge < -0.3 is 9.15 Å². The van der Waals surface area contributed by atoms with Gasteiger partial charge in [-0.3, -0.25) is 0 Å². The Kier molecular flexibility index (Phi) is 4.38. The summed E-state index contributed by atoms with van der Waals surface area (Å²) in [6.45, 7) is 3.83. The van der Waals surface area contributed by atoms with Crippen LogP contribution in [0, 0.1) is 18.3 Å². The Labute approximate surface area is 119 Å². The fourth-order valence-corrected chi connectivity index (χ4v) is 2.18. The lowest BCUT2D eigenvalue weighted by molar-refractivity contribution is 0.0475. The van der Waals surface area contributed by atoms with Crippen LogP contribution in [0.2, 0.25) is 0 Å². The van der Waals surface area contributed by atoms with Crippen molar-refractivity contribution in [1.29, 1.82) is 5.26 Å². The number of ether oxygens (including phenoxy) is 1. The first-order valence-corrected chi connectivity index (χ1v) is 6.65. The minimum Gasteiger partial charge on any atom is -0.459 e. The molecule has 0 fully saturated rings. The zero-order valence-electron chi connectivity index (χ0n) is 10.9. The highest BCUT2D eigenvalue weighted by atomic mass is 32.2. The van der Waals surface area contributed by atoms with Gasteiger partial charge in [-0.15, -0.1) is 5.10 Å². The molecular formula is C13H11N3O3S. The molecule has 1 aromatic carbocycles. The number of aromatic nitrogens is 2. The maximum Gasteiger partial charge on any atom is 0.396 e. The monoisotopic (exact) mass is 289 g/mol. The number of benzene rings is 1. The highest BCUT2D eigenvalue weighted by molar-refractivity contribution is 7.99. The number of hydrogen-bond acceptors (Lipinski definition) is 7. The van der Waals surface area contributed by atoms with Gasteiger partial charge in [0.15, 0.2) is 0 Å². The minimum atomic E-state index is -0.656. The van der Waals surface area contributed by atoms with Gasteiger partial charge in [-0.25, -0.2) is 4.79 Å². The first-order valence-electron chi connectivity index (χ1n) is 5.83. The van der Waals surface area contributed by atoms with Crippen molar-refractivity contribution in [2.45, 2.75) is 24.0 Å². The predicted molar refractivity (Wildman–Crippen MR) is 70.3 cm³/mol. The lowest BCUT2D eigenvalue weighted by Crippen LogP contribution is -2.04. The van der Waals surface area contributed by atoms with E-state index in [9.17, 15) is 4.79 Å². The summed E-state index contributed by atoms with van der Waals surface area (Å²) in [5.74, 6) is -0.851. The van der Waals surface area contributed by atoms with Crippen molar-refractivity contribution in [1.82, 2.24) is 10.2 Å². The number of hydrogen-bond donors (Lipinski definition) is 0. The van der Waals surface area contributed by atoms with Crippen molar-refractivity contribution >= 4 is 17.7 Å². The summed E-state index contributed by atoms with van der Waals surface area (Å²) in [4.78, 5) is 12.1. The molecule has 0 bridgehead atoms. The molecule has 1 heterocycles. The minimum absolute atomic E-state index is 0.188. The van der Waals surface area contributed by atoms with Gasteiger partial charge in [0.05, 0.1) is 12.2 Å². The topological polar surface area (TPSA) is 89.0 Å².